The number of quaternary nitrogens is 1. The lowest BCUT2D eigenvalue weighted by molar-refractivity contribution is -0.873. The van der Waals surface area contributed by atoms with E-state index in [4.69, 9.17) is 10.5 Å². The predicted molar refractivity (Wildman–Crippen MR) is 129 cm³/mol. The van der Waals surface area contributed by atoms with Crippen LogP contribution in [0.1, 0.15) is 12.1 Å². The first kappa shape index (κ1) is 27.2. The van der Waals surface area contributed by atoms with Crippen molar-refractivity contribution >= 4 is 57.7 Å². The minimum Gasteiger partial charge on any atom is -0.550 e. The second-order valence-electron chi connectivity index (χ2n) is 9.03. The molecule has 13 nitrogen and oxygen atoms in total. The normalized spacial score (nSPS) is 20.8. The number of nitrogen functional groups attached to an aromatic ring is 1. The molecule has 3 heterocycles. The lowest BCUT2D eigenvalue weighted by Crippen LogP contribution is -2.71. The molecule has 1 saturated heterocycles. The van der Waals surface area contributed by atoms with Crippen LogP contribution in [0.25, 0.3) is 0 Å². The topological polar surface area (TPSA) is 187 Å². The highest BCUT2D eigenvalue weighted by molar-refractivity contribution is 8.00. The number of carbonyl (C=O) groups is 4. The van der Waals surface area contributed by atoms with Gasteiger partial charge in [-0.1, -0.05) is 17.8 Å². The van der Waals surface area contributed by atoms with Crippen LogP contribution < -0.4 is 16.2 Å². The Balaban J connectivity index is 1.78. The van der Waals surface area contributed by atoms with Crippen molar-refractivity contribution in [2.24, 2.45) is 5.16 Å². The molecule has 0 aromatic carbocycles. The third-order valence-electron chi connectivity index (χ3n) is 5.22. The van der Waals surface area contributed by atoms with E-state index in [1.54, 1.807) is 0 Å². The van der Waals surface area contributed by atoms with Gasteiger partial charge < -0.3 is 35.4 Å². The molecule has 1 unspecified atom stereocenters. The average Bonchev–Trinajstić information content (AvgIpc) is 3.20. The molecule has 0 aliphatic carbocycles. The minimum absolute atomic E-state index is 0.0479. The molecule has 3 rings (SSSR count). The summed E-state index contributed by atoms with van der Waals surface area (Å²) in [6.07, 6.45) is -0.0713. The smallest absolute Gasteiger partial charge is 0.355 e. The zero-order valence-corrected chi connectivity index (χ0v) is 21.4. The Bertz CT molecular complexity index is 1160. The number of aromatic nitrogens is 1. The molecule has 1 aromatic heterocycles. The number of carboxylic acids is 1. The van der Waals surface area contributed by atoms with Gasteiger partial charge >= 0.3 is 5.97 Å². The minimum atomic E-state index is -1.37. The first-order valence-electron chi connectivity index (χ1n) is 10.6. The van der Waals surface area contributed by atoms with E-state index in [0.29, 0.717) is 15.8 Å². The fraction of sp³-hybridized carbons (Fsp3) is 0.429. The number of nitrogens with one attached hydrogen (secondary N) is 1. The number of hydrogen-bond donors (Lipinski definition) is 3. The van der Waals surface area contributed by atoms with Crippen molar-refractivity contribution in [1.82, 2.24) is 15.2 Å². The lowest BCUT2D eigenvalue weighted by Gasteiger charge is -2.49. The van der Waals surface area contributed by atoms with Crippen LogP contribution in [-0.2, 0) is 23.9 Å². The number of carboxylic acid groups (broad SMARTS) is 1. The van der Waals surface area contributed by atoms with Crippen molar-refractivity contribution in [2.75, 3.05) is 39.2 Å². The van der Waals surface area contributed by atoms with Crippen molar-refractivity contribution in [3.63, 3.8) is 0 Å². The van der Waals surface area contributed by atoms with E-state index in [1.165, 1.54) is 28.1 Å². The molecule has 0 saturated carbocycles. The van der Waals surface area contributed by atoms with Crippen LogP contribution in [0, 0.1) is 0 Å². The molecule has 4 N–H and O–H groups in total. The monoisotopic (exact) mass is 538 g/mol. The number of nitrogens with zero attached hydrogens (tertiary/aromatic N) is 4. The third-order valence-corrected chi connectivity index (χ3v) is 7.20. The van der Waals surface area contributed by atoms with Gasteiger partial charge in [-0.05, 0) is 5.57 Å². The predicted octanol–water partition coefficient (Wildman–Crippen LogP) is -1.50. The highest BCUT2D eigenvalue weighted by Gasteiger charge is 2.54. The Labute approximate surface area is 214 Å². The van der Waals surface area contributed by atoms with E-state index in [0.717, 1.165) is 11.3 Å². The van der Waals surface area contributed by atoms with Crippen molar-refractivity contribution in [2.45, 2.75) is 23.9 Å². The summed E-state index contributed by atoms with van der Waals surface area (Å²) in [4.78, 5) is 55.1. The zero-order valence-electron chi connectivity index (χ0n) is 19.8. The molecule has 36 heavy (non-hydrogen) atoms. The SMILES string of the molecule is C=CC1=C(C(=O)OC(CC(=O)[O-])C[N+](C)(C)C)N2C(=O)[C@@H](NC(=O)/C(=N\O)c3csc(N)n3)[C@H]2SC1. The number of esters is 1. The Morgan fingerprint density at radius 1 is 1.47 bits per heavy atom. The quantitative estimate of drug-likeness (QED) is 0.0790. The van der Waals surface area contributed by atoms with Crippen LogP contribution >= 0.6 is 23.1 Å². The van der Waals surface area contributed by atoms with E-state index in [2.05, 4.69) is 22.0 Å². The number of nitrogens with two attached hydrogens (primary N) is 1. The van der Waals surface area contributed by atoms with Gasteiger partial charge in [-0.3, -0.25) is 14.5 Å². The van der Waals surface area contributed by atoms with E-state index in [1.807, 2.05) is 21.1 Å². The van der Waals surface area contributed by atoms with Crippen LogP contribution in [0.5, 0.6) is 0 Å². The number of aliphatic carboxylic acids is 1. The van der Waals surface area contributed by atoms with Gasteiger partial charge in [0.1, 0.15) is 29.4 Å². The molecular formula is C21H26N6O7S2. The number of allylic oxidation sites excluding steroid dienone is 1. The maximum Gasteiger partial charge on any atom is 0.355 e. The van der Waals surface area contributed by atoms with Gasteiger partial charge in [-0.25, -0.2) is 9.78 Å². The van der Waals surface area contributed by atoms with E-state index in [-0.39, 0.29) is 23.1 Å². The second-order valence-corrected chi connectivity index (χ2v) is 11.0. The number of oxime groups is 1. The number of amides is 2. The van der Waals surface area contributed by atoms with E-state index >= 15 is 0 Å². The van der Waals surface area contributed by atoms with Gasteiger partial charge in [0, 0.05) is 23.5 Å². The van der Waals surface area contributed by atoms with Gasteiger partial charge in [0.2, 0.25) is 0 Å². The number of β-lactam (4-membered cyclic amide) rings is 1. The third kappa shape index (κ3) is 5.85. The summed E-state index contributed by atoms with van der Waals surface area (Å²) in [5.74, 6) is -3.39. The molecule has 3 atom stereocenters. The number of fused-ring (bicyclic) bond motifs is 1. The Hall–Kier alpha value is -3.43. The Kier molecular flexibility index (Phi) is 8.05. The summed E-state index contributed by atoms with van der Waals surface area (Å²) in [6, 6.07) is -1.02. The summed E-state index contributed by atoms with van der Waals surface area (Å²) in [5.41, 5.74) is 5.58. The molecule has 15 heteroatoms. The van der Waals surface area contributed by atoms with Gasteiger partial charge in [-0.15, -0.1) is 23.1 Å². The van der Waals surface area contributed by atoms with E-state index < -0.39 is 53.4 Å². The molecule has 0 bridgehead atoms. The number of likely N-dealkylation sites (N-methyl/N-ethyl adjacent to an activating group) is 1. The van der Waals surface area contributed by atoms with Crippen LogP contribution in [-0.4, -0.2) is 100.0 Å². The largest absolute Gasteiger partial charge is 0.550 e. The van der Waals surface area contributed by atoms with Gasteiger partial charge in [0.25, 0.3) is 11.8 Å². The molecule has 0 radical (unpaired) electrons. The van der Waals surface area contributed by atoms with Crippen LogP contribution in [0.4, 0.5) is 5.13 Å². The standard InChI is InChI=1S/C21H26N6O7S2/c1-5-10-8-35-19-15(24-17(30)14(25-33)12-9-36-21(22)23-12)18(31)26(19)16(10)20(32)34-11(6-13(28)29)7-27(2,3)4/h5,9,11,15,19H,1,6-8H2,2-4H3,(H4-,22,23,24,28,29,30,33)/t11?,15-,19-/m1/s1. The Morgan fingerprint density at radius 3 is 2.69 bits per heavy atom. The molecule has 0 spiro atoms. The molecule has 2 aliphatic heterocycles. The summed E-state index contributed by atoms with van der Waals surface area (Å²) >= 11 is 2.34. The van der Waals surface area contributed by atoms with E-state index in [9.17, 15) is 29.5 Å². The second kappa shape index (κ2) is 10.7. The average molecular weight is 539 g/mol. The number of hydrogen-bond acceptors (Lipinski definition) is 12. The van der Waals surface area contributed by atoms with Crippen molar-refractivity contribution < 1.29 is 38.7 Å². The summed E-state index contributed by atoms with van der Waals surface area (Å²) < 4.78 is 5.83. The lowest BCUT2D eigenvalue weighted by atomic mass is 10.0. The molecule has 194 valence electrons. The number of thioether (sulfide) groups is 1. The molecule has 2 aliphatic rings. The summed E-state index contributed by atoms with van der Waals surface area (Å²) in [5, 5.41) is 26.9. The highest BCUT2D eigenvalue weighted by atomic mass is 32.2. The highest BCUT2D eigenvalue weighted by Crippen LogP contribution is 2.41. The van der Waals surface area contributed by atoms with Crippen LogP contribution in [0.3, 0.4) is 0 Å². The number of rotatable bonds is 10. The van der Waals surface area contributed by atoms with Crippen LogP contribution in [0.15, 0.2) is 34.5 Å². The summed E-state index contributed by atoms with van der Waals surface area (Å²) in [6.45, 7) is 3.90. The van der Waals surface area contributed by atoms with Crippen molar-refractivity contribution in [3.8, 4) is 0 Å². The molecular weight excluding hydrogens is 512 g/mol. The fourth-order valence-corrected chi connectivity index (χ4v) is 5.64. The first-order valence-corrected chi connectivity index (χ1v) is 12.5. The Morgan fingerprint density at radius 2 is 2.17 bits per heavy atom. The first-order chi connectivity index (χ1) is 16.9. The van der Waals surface area contributed by atoms with Gasteiger partial charge in [0.15, 0.2) is 16.9 Å². The van der Waals surface area contributed by atoms with Gasteiger partial charge in [0.05, 0.1) is 21.1 Å². The summed E-state index contributed by atoms with van der Waals surface area (Å²) in [7, 11) is 5.44. The molecule has 2 amide bonds. The zero-order chi connectivity index (χ0) is 26.8. The maximum absolute atomic E-state index is 13.1. The van der Waals surface area contributed by atoms with Crippen molar-refractivity contribution in [3.05, 3.63) is 35.0 Å². The number of ether oxygens (including phenoxy) is 1. The fourth-order valence-electron chi connectivity index (χ4n) is 3.76. The van der Waals surface area contributed by atoms with Crippen molar-refractivity contribution in [1.29, 1.82) is 0 Å². The molecule has 1 aromatic rings. The molecule has 1 fully saturated rings. The van der Waals surface area contributed by atoms with Gasteiger partial charge in [-0.2, -0.15) is 0 Å². The van der Waals surface area contributed by atoms with Crippen LogP contribution in [0.2, 0.25) is 0 Å². The maximum atomic E-state index is 13.1. The number of thiazole rings is 1. The number of carbonyl (C=O) groups excluding carboxylic acids is 4. The number of anilines is 1.